The van der Waals surface area contributed by atoms with Gasteiger partial charge in [-0.15, -0.1) is 10.2 Å². The van der Waals surface area contributed by atoms with Crippen molar-refractivity contribution < 1.29 is 9.53 Å². The van der Waals surface area contributed by atoms with Crippen LogP contribution in [0.1, 0.15) is 41.5 Å². The number of unbranched alkanes of at least 4 members (excludes halogenated alkanes) is 1. The fraction of sp³-hybridized carbons (Fsp3) is 0.381. The lowest BCUT2D eigenvalue weighted by molar-refractivity contribution is 0.102. The van der Waals surface area contributed by atoms with Crippen LogP contribution in [0.3, 0.4) is 0 Å². The van der Waals surface area contributed by atoms with Gasteiger partial charge in [0.1, 0.15) is 22.3 Å². The van der Waals surface area contributed by atoms with Crippen molar-refractivity contribution in [1.29, 1.82) is 0 Å². The van der Waals surface area contributed by atoms with Gasteiger partial charge in [-0.05, 0) is 37.6 Å². The molecule has 176 valence electrons. The van der Waals surface area contributed by atoms with Crippen molar-refractivity contribution in [2.24, 2.45) is 0 Å². The Labute approximate surface area is 194 Å². The van der Waals surface area contributed by atoms with Gasteiger partial charge in [-0.25, -0.2) is 4.79 Å². The molecule has 0 saturated carbocycles. The maximum atomic E-state index is 12.5. The molecule has 3 aromatic rings. The molecule has 2 aromatic heterocycles. The summed E-state index contributed by atoms with van der Waals surface area (Å²) in [4.78, 5) is 41.3. The number of H-pyrrole nitrogens is 1. The highest BCUT2D eigenvalue weighted by molar-refractivity contribution is 7.13. The Bertz CT molecular complexity index is 1220. The first-order valence-electron chi connectivity index (χ1n) is 10.5. The summed E-state index contributed by atoms with van der Waals surface area (Å²) in [5.74, 6) is 0.402. The molecule has 0 aliphatic carbocycles. The van der Waals surface area contributed by atoms with Gasteiger partial charge in [0, 0.05) is 18.8 Å². The summed E-state index contributed by atoms with van der Waals surface area (Å²) >= 11 is 1.12. The first kappa shape index (κ1) is 24.0. The van der Waals surface area contributed by atoms with E-state index < -0.39 is 17.2 Å². The van der Waals surface area contributed by atoms with Crippen LogP contribution >= 0.6 is 11.3 Å². The number of hydrogen-bond donors (Lipinski definition) is 3. The quantitative estimate of drug-likeness (QED) is 0.405. The molecule has 2 heterocycles. The third-order valence-corrected chi connectivity index (χ3v) is 5.89. The average Bonchev–Trinajstić information content (AvgIpc) is 3.27. The van der Waals surface area contributed by atoms with Crippen molar-refractivity contribution in [1.82, 2.24) is 19.7 Å². The number of benzene rings is 1. The van der Waals surface area contributed by atoms with Crippen LogP contribution < -0.4 is 31.9 Å². The average molecular weight is 474 g/mol. The third-order valence-electron chi connectivity index (χ3n) is 4.98. The largest absolute Gasteiger partial charge is 0.497 e. The third kappa shape index (κ3) is 5.58. The molecule has 0 spiro atoms. The second-order valence-electron chi connectivity index (χ2n) is 7.20. The van der Waals surface area contributed by atoms with E-state index in [-0.39, 0.29) is 23.1 Å². The standard InChI is InChI=1S/C21H27N7O4S/c1-4-6-11-28-17(22)16(18(29)24-21(28)31)27(5-2)12-15-25-26-20(33-15)19(30)23-13-7-9-14(32-3)10-8-13/h7-10H,4-6,11-12,22H2,1-3H3,(H,23,30)(H,24,29,31). The van der Waals surface area contributed by atoms with Crippen LogP contribution in [-0.4, -0.2) is 39.3 Å². The molecule has 1 aromatic carbocycles. The van der Waals surface area contributed by atoms with Gasteiger partial charge >= 0.3 is 5.69 Å². The number of carbonyl (C=O) groups excluding carboxylic acids is 1. The predicted molar refractivity (Wildman–Crippen MR) is 128 cm³/mol. The van der Waals surface area contributed by atoms with Crippen LogP contribution in [-0.2, 0) is 13.1 Å². The van der Waals surface area contributed by atoms with Crippen molar-refractivity contribution in [2.75, 3.05) is 29.6 Å². The number of rotatable bonds is 10. The Morgan fingerprint density at radius 2 is 1.97 bits per heavy atom. The monoisotopic (exact) mass is 473 g/mol. The lowest BCUT2D eigenvalue weighted by Crippen LogP contribution is -2.38. The number of nitrogens with two attached hydrogens (primary N) is 1. The van der Waals surface area contributed by atoms with Crippen LogP contribution in [0.15, 0.2) is 33.9 Å². The van der Waals surface area contributed by atoms with Gasteiger partial charge in [-0.2, -0.15) is 0 Å². The van der Waals surface area contributed by atoms with Crippen molar-refractivity contribution in [2.45, 2.75) is 39.8 Å². The Kier molecular flexibility index (Phi) is 7.83. The zero-order valence-electron chi connectivity index (χ0n) is 18.8. The summed E-state index contributed by atoms with van der Waals surface area (Å²) in [7, 11) is 1.57. The molecule has 0 aliphatic heterocycles. The smallest absolute Gasteiger partial charge is 0.330 e. The van der Waals surface area contributed by atoms with E-state index in [1.807, 2.05) is 13.8 Å². The van der Waals surface area contributed by atoms with E-state index in [0.717, 1.165) is 24.2 Å². The minimum absolute atomic E-state index is 0.112. The maximum Gasteiger partial charge on any atom is 0.330 e. The van der Waals surface area contributed by atoms with Crippen molar-refractivity contribution in [3.8, 4) is 5.75 Å². The number of methoxy groups -OCH3 is 1. The molecule has 12 heteroatoms. The Balaban J connectivity index is 1.78. The molecule has 3 rings (SSSR count). The summed E-state index contributed by atoms with van der Waals surface area (Å²) in [5, 5.41) is 11.5. The molecule has 0 unspecified atom stereocenters. The molecule has 4 N–H and O–H groups in total. The first-order valence-corrected chi connectivity index (χ1v) is 11.3. The number of anilines is 3. The molecule has 0 fully saturated rings. The number of aromatic amines is 1. The second-order valence-corrected chi connectivity index (χ2v) is 8.26. The van der Waals surface area contributed by atoms with Gasteiger partial charge < -0.3 is 20.7 Å². The zero-order chi connectivity index (χ0) is 24.0. The summed E-state index contributed by atoms with van der Waals surface area (Å²) in [5.41, 5.74) is 5.92. The van der Waals surface area contributed by atoms with Crippen LogP contribution in [0.5, 0.6) is 5.75 Å². The summed E-state index contributed by atoms with van der Waals surface area (Å²) in [6.07, 6.45) is 1.63. The number of nitrogens with zero attached hydrogens (tertiary/aromatic N) is 4. The lowest BCUT2D eigenvalue weighted by Gasteiger charge is -2.23. The maximum absolute atomic E-state index is 12.5. The van der Waals surface area contributed by atoms with Crippen LogP contribution in [0.4, 0.5) is 17.2 Å². The van der Waals surface area contributed by atoms with E-state index in [9.17, 15) is 14.4 Å². The molecule has 0 radical (unpaired) electrons. The minimum Gasteiger partial charge on any atom is -0.497 e. The Hall–Kier alpha value is -3.67. The van der Waals surface area contributed by atoms with E-state index in [1.165, 1.54) is 4.57 Å². The molecule has 0 bridgehead atoms. The first-order chi connectivity index (χ1) is 15.9. The van der Waals surface area contributed by atoms with Gasteiger partial charge in [0.2, 0.25) is 5.01 Å². The topological polar surface area (TPSA) is 148 Å². The highest BCUT2D eigenvalue weighted by Crippen LogP contribution is 2.22. The van der Waals surface area contributed by atoms with Crippen LogP contribution in [0.25, 0.3) is 0 Å². The van der Waals surface area contributed by atoms with Gasteiger partial charge in [-0.1, -0.05) is 24.7 Å². The van der Waals surface area contributed by atoms with Gasteiger partial charge in [0.15, 0.2) is 0 Å². The predicted octanol–water partition coefficient (Wildman–Crippen LogP) is 2.06. The fourth-order valence-electron chi connectivity index (χ4n) is 3.20. The van der Waals surface area contributed by atoms with E-state index in [2.05, 4.69) is 20.5 Å². The molecule has 1 amide bonds. The normalized spacial score (nSPS) is 10.8. The van der Waals surface area contributed by atoms with E-state index >= 15 is 0 Å². The van der Waals surface area contributed by atoms with Crippen molar-refractivity contribution >= 4 is 34.4 Å². The van der Waals surface area contributed by atoms with Gasteiger partial charge in [0.25, 0.3) is 11.5 Å². The molecule has 11 nitrogen and oxygen atoms in total. The number of hydrogen-bond acceptors (Lipinski definition) is 9. The van der Waals surface area contributed by atoms with Crippen LogP contribution in [0, 0.1) is 0 Å². The highest BCUT2D eigenvalue weighted by Gasteiger charge is 2.20. The van der Waals surface area contributed by atoms with Crippen molar-refractivity contribution in [3.05, 3.63) is 55.1 Å². The van der Waals surface area contributed by atoms with Crippen molar-refractivity contribution in [3.63, 3.8) is 0 Å². The van der Waals surface area contributed by atoms with Crippen LogP contribution in [0.2, 0.25) is 0 Å². The molecule has 0 atom stereocenters. The number of ether oxygens (including phenoxy) is 1. The number of nitrogens with one attached hydrogen (secondary N) is 2. The Morgan fingerprint density at radius 3 is 2.61 bits per heavy atom. The number of aromatic nitrogens is 4. The summed E-state index contributed by atoms with van der Waals surface area (Å²) in [6, 6.07) is 6.92. The second kappa shape index (κ2) is 10.8. The SMILES string of the molecule is CCCCn1c(N)c(N(CC)Cc2nnc(C(=O)Nc3ccc(OC)cc3)s2)c(=O)[nH]c1=O. The fourth-order valence-corrected chi connectivity index (χ4v) is 3.95. The zero-order valence-corrected chi connectivity index (χ0v) is 19.6. The molecular weight excluding hydrogens is 446 g/mol. The van der Waals surface area contributed by atoms with E-state index in [0.29, 0.717) is 29.5 Å². The number of nitrogen functional groups attached to an aromatic ring is 1. The highest BCUT2D eigenvalue weighted by atomic mass is 32.1. The molecule has 0 aliphatic rings. The molecule has 33 heavy (non-hydrogen) atoms. The number of carbonyl (C=O) groups is 1. The lowest BCUT2D eigenvalue weighted by atomic mass is 10.3. The summed E-state index contributed by atoms with van der Waals surface area (Å²) in [6.45, 7) is 4.93. The molecule has 0 saturated heterocycles. The Morgan fingerprint density at radius 1 is 1.24 bits per heavy atom. The summed E-state index contributed by atoms with van der Waals surface area (Å²) < 4.78 is 6.48. The minimum atomic E-state index is -0.561. The van der Waals surface area contributed by atoms with E-state index in [1.54, 1.807) is 36.3 Å². The van der Waals surface area contributed by atoms with Gasteiger partial charge in [-0.3, -0.25) is 19.1 Å². The molecular formula is C21H27N7O4S. The van der Waals surface area contributed by atoms with Gasteiger partial charge in [0.05, 0.1) is 13.7 Å². The van der Waals surface area contributed by atoms with E-state index in [4.69, 9.17) is 10.5 Å². The number of amides is 1.